The number of nitrogens with zero attached hydrogens (tertiary/aromatic N) is 1. The van der Waals surface area contributed by atoms with Gasteiger partial charge < -0.3 is 10.2 Å². The molecule has 2 aromatic rings. The van der Waals surface area contributed by atoms with E-state index >= 15 is 0 Å². The van der Waals surface area contributed by atoms with Crippen molar-refractivity contribution in [2.24, 2.45) is 0 Å². The van der Waals surface area contributed by atoms with Crippen LogP contribution in [0.15, 0.2) is 48.5 Å². The van der Waals surface area contributed by atoms with Gasteiger partial charge in [0.2, 0.25) is 11.8 Å². The number of carbonyl (C=O) groups is 2. The molecule has 0 saturated carbocycles. The zero-order valence-corrected chi connectivity index (χ0v) is 15.4. The zero-order chi connectivity index (χ0) is 18.9. The Hall–Kier alpha value is -2.40. The molecule has 2 amide bonds. The van der Waals surface area contributed by atoms with Crippen molar-refractivity contribution in [3.63, 3.8) is 0 Å². The van der Waals surface area contributed by atoms with Gasteiger partial charge in [0.15, 0.2) is 0 Å². The Morgan fingerprint density at radius 2 is 1.81 bits per heavy atom. The first-order valence-electron chi connectivity index (χ1n) is 8.45. The Morgan fingerprint density at radius 1 is 1.08 bits per heavy atom. The summed E-state index contributed by atoms with van der Waals surface area (Å²) in [6.07, 6.45) is 0.830. The van der Waals surface area contributed by atoms with Crippen LogP contribution in [0.3, 0.4) is 0 Å². The van der Waals surface area contributed by atoms with Crippen LogP contribution in [0.5, 0.6) is 0 Å². The summed E-state index contributed by atoms with van der Waals surface area (Å²) >= 11 is 5.86. The van der Waals surface area contributed by atoms with Gasteiger partial charge in [0, 0.05) is 31.6 Å². The van der Waals surface area contributed by atoms with Crippen LogP contribution in [-0.2, 0) is 22.4 Å². The highest BCUT2D eigenvalue weighted by atomic mass is 35.5. The molecule has 4 nitrogen and oxygen atoms in total. The van der Waals surface area contributed by atoms with Gasteiger partial charge in [-0.15, -0.1) is 0 Å². The lowest BCUT2D eigenvalue weighted by Gasteiger charge is -2.21. The number of hydrogen-bond donors (Lipinski definition) is 1. The fraction of sp³-hybridized carbons (Fsp3) is 0.300. The van der Waals surface area contributed by atoms with E-state index < -0.39 is 0 Å². The van der Waals surface area contributed by atoms with Gasteiger partial charge in [-0.2, -0.15) is 0 Å². The Kier molecular flexibility index (Phi) is 7.60. The lowest BCUT2D eigenvalue weighted by molar-refractivity contribution is -0.129. The zero-order valence-electron chi connectivity index (χ0n) is 14.7. The van der Waals surface area contributed by atoms with Gasteiger partial charge >= 0.3 is 0 Å². The highest BCUT2D eigenvalue weighted by molar-refractivity contribution is 6.30. The third-order valence-electron chi connectivity index (χ3n) is 3.99. The Balaban J connectivity index is 1.76. The van der Waals surface area contributed by atoms with E-state index in [0.29, 0.717) is 36.6 Å². The molecule has 0 bridgehead atoms. The maximum Gasteiger partial charge on any atom is 0.224 e. The molecular weight excluding hydrogens is 355 g/mol. The molecule has 2 rings (SSSR count). The van der Waals surface area contributed by atoms with Gasteiger partial charge in [-0.25, -0.2) is 4.39 Å². The second-order valence-electron chi connectivity index (χ2n) is 6.04. The molecule has 26 heavy (non-hydrogen) atoms. The number of halogens is 2. The molecule has 0 spiro atoms. The van der Waals surface area contributed by atoms with Gasteiger partial charge in [-0.05, 0) is 41.8 Å². The third-order valence-corrected chi connectivity index (χ3v) is 4.24. The van der Waals surface area contributed by atoms with Crippen molar-refractivity contribution in [1.82, 2.24) is 10.2 Å². The maximum atomic E-state index is 13.1. The summed E-state index contributed by atoms with van der Waals surface area (Å²) in [6.45, 7) is 2.86. The number of nitrogens with one attached hydrogen (secondary N) is 1. The molecule has 1 N–H and O–H groups in total. The van der Waals surface area contributed by atoms with E-state index in [1.54, 1.807) is 17.0 Å². The summed E-state index contributed by atoms with van der Waals surface area (Å²) in [6, 6.07) is 13.5. The smallest absolute Gasteiger partial charge is 0.224 e. The van der Waals surface area contributed by atoms with E-state index in [1.165, 1.54) is 19.1 Å². The molecule has 0 saturated heterocycles. The standard InChI is InChI=1S/C20H22ClFN2O2/c1-15(25)24(11-9-16-5-7-18(21)8-6-16)12-10-23-20(26)14-17-3-2-4-19(22)13-17/h2-8,13H,9-12,14H2,1H3,(H,23,26). The Bertz CT molecular complexity index is 750. The van der Waals surface area contributed by atoms with Gasteiger partial charge in [0.05, 0.1) is 6.42 Å². The molecule has 138 valence electrons. The van der Waals surface area contributed by atoms with E-state index in [0.717, 1.165) is 5.56 Å². The first-order chi connectivity index (χ1) is 12.4. The lowest BCUT2D eigenvalue weighted by Crippen LogP contribution is -2.39. The van der Waals surface area contributed by atoms with E-state index in [9.17, 15) is 14.0 Å². The quantitative estimate of drug-likeness (QED) is 0.769. The average Bonchev–Trinajstić information content (AvgIpc) is 2.59. The highest BCUT2D eigenvalue weighted by Gasteiger charge is 2.10. The minimum Gasteiger partial charge on any atom is -0.354 e. The Morgan fingerprint density at radius 3 is 2.46 bits per heavy atom. The molecule has 0 atom stereocenters. The fourth-order valence-electron chi connectivity index (χ4n) is 2.57. The summed E-state index contributed by atoms with van der Waals surface area (Å²) in [5.74, 6) is -0.601. The van der Waals surface area contributed by atoms with Crippen LogP contribution in [0, 0.1) is 5.82 Å². The van der Waals surface area contributed by atoms with E-state index in [-0.39, 0.29) is 24.1 Å². The first kappa shape index (κ1) is 19.9. The largest absolute Gasteiger partial charge is 0.354 e. The molecule has 0 fully saturated rings. The van der Waals surface area contributed by atoms with Crippen molar-refractivity contribution in [3.8, 4) is 0 Å². The number of rotatable bonds is 8. The van der Waals surface area contributed by atoms with Crippen LogP contribution in [0.25, 0.3) is 0 Å². The summed E-state index contributed by atoms with van der Waals surface area (Å²) in [7, 11) is 0. The number of hydrogen-bond acceptors (Lipinski definition) is 2. The van der Waals surface area contributed by atoms with E-state index in [4.69, 9.17) is 11.6 Å². The fourth-order valence-corrected chi connectivity index (χ4v) is 2.69. The SMILES string of the molecule is CC(=O)N(CCNC(=O)Cc1cccc(F)c1)CCc1ccc(Cl)cc1. The Labute approximate surface area is 158 Å². The summed E-state index contributed by atoms with van der Waals surface area (Å²) in [5.41, 5.74) is 1.71. The molecular formula is C20H22ClFN2O2. The van der Waals surface area contributed by atoms with Gasteiger partial charge in [-0.3, -0.25) is 9.59 Å². The number of amides is 2. The van der Waals surface area contributed by atoms with Gasteiger partial charge in [0.25, 0.3) is 0 Å². The van der Waals surface area contributed by atoms with Crippen LogP contribution in [-0.4, -0.2) is 36.3 Å². The third kappa shape index (κ3) is 6.84. The van der Waals surface area contributed by atoms with Crippen molar-refractivity contribution >= 4 is 23.4 Å². The van der Waals surface area contributed by atoms with Crippen molar-refractivity contribution in [1.29, 1.82) is 0 Å². The van der Waals surface area contributed by atoms with Crippen molar-refractivity contribution in [3.05, 3.63) is 70.5 Å². The van der Waals surface area contributed by atoms with E-state index in [2.05, 4.69) is 5.32 Å². The second-order valence-corrected chi connectivity index (χ2v) is 6.48. The minimum atomic E-state index is -0.361. The monoisotopic (exact) mass is 376 g/mol. The second kappa shape index (κ2) is 9.92. The molecule has 6 heteroatoms. The molecule has 0 aromatic heterocycles. The van der Waals surface area contributed by atoms with E-state index in [1.807, 2.05) is 24.3 Å². The summed E-state index contributed by atoms with van der Waals surface area (Å²) in [4.78, 5) is 25.4. The molecule has 0 radical (unpaired) electrons. The van der Waals surface area contributed by atoms with Crippen molar-refractivity contribution < 1.29 is 14.0 Å². The normalized spacial score (nSPS) is 10.4. The summed E-state index contributed by atoms with van der Waals surface area (Å²) in [5, 5.41) is 3.45. The molecule has 2 aromatic carbocycles. The molecule has 0 aliphatic carbocycles. The lowest BCUT2D eigenvalue weighted by atomic mass is 10.1. The number of carbonyl (C=O) groups excluding carboxylic acids is 2. The topological polar surface area (TPSA) is 49.4 Å². The van der Waals surface area contributed by atoms with Crippen LogP contribution in [0.4, 0.5) is 4.39 Å². The molecule has 0 aliphatic heterocycles. The van der Waals surface area contributed by atoms with Crippen LogP contribution >= 0.6 is 11.6 Å². The van der Waals surface area contributed by atoms with Crippen LogP contribution < -0.4 is 5.32 Å². The van der Waals surface area contributed by atoms with Crippen molar-refractivity contribution in [2.45, 2.75) is 19.8 Å². The molecule has 0 unspecified atom stereocenters. The first-order valence-corrected chi connectivity index (χ1v) is 8.83. The predicted octanol–water partition coefficient (Wildman–Crippen LogP) is 3.23. The van der Waals surface area contributed by atoms with Crippen LogP contribution in [0.2, 0.25) is 5.02 Å². The molecule has 0 heterocycles. The van der Waals surface area contributed by atoms with Gasteiger partial charge in [-0.1, -0.05) is 35.9 Å². The predicted molar refractivity (Wildman–Crippen MR) is 101 cm³/mol. The maximum absolute atomic E-state index is 13.1. The number of benzene rings is 2. The van der Waals surface area contributed by atoms with Crippen molar-refractivity contribution in [2.75, 3.05) is 19.6 Å². The summed E-state index contributed by atoms with van der Waals surface area (Å²) < 4.78 is 13.1. The molecule has 0 aliphatic rings. The minimum absolute atomic E-state index is 0.0432. The average molecular weight is 377 g/mol. The van der Waals surface area contributed by atoms with Crippen LogP contribution in [0.1, 0.15) is 18.1 Å². The van der Waals surface area contributed by atoms with Gasteiger partial charge in [0.1, 0.15) is 5.82 Å². The highest BCUT2D eigenvalue weighted by Crippen LogP contribution is 2.10.